The first kappa shape index (κ1) is 20.8. The van der Waals surface area contributed by atoms with E-state index in [-0.39, 0.29) is 5.91 Å². The Bertz CT molecular complexity index is 749. The Morgan fingerprint density at radius 2 is 1.78 bits per heavy atom. The first-order chi connectivity index (χ1) is 13.1. The lowest BCUT2D eigenvalue weighted by molar-refractivity contribution is -0.130. The van der Waals surface area contributed by atoms with E-state index in [4.69, 9.17) is 11.6 Å². The van der Waals surface area contributed by atoms with Crippen molar-refractivity contribution in [3.05, 3.63) is 70.7 Å². The van der Waals surface area contributed by atoms with Crippen molar-refractivity contribution in [1.82, 2.24) is 15.5 Å². The maximum Gasteiger partial charge on any atom is 0.224 e. The minimum Gasteiger partial charge on any atom is -0.357 e. The van der Waals surface area contributed by atoms with Crippen LogP contribution in [-0.2, 0) is 17.9 Å². The molecule has 0 saturated carbocycles. The van der Waals surface area contributed by atoms with Crippen molar-refractivity contribution < 1.29 is 4.79 Å². The summed E-state index contributed by atoms with van der Waals surface area (Å²) in [6.07, 6.45) is 0.403. The summed E-state index contributed by atoms with van der Waals surface area (Å²) in [7, 11) is 1.83. The zero-order chi connectivity index (χ0) is 19.5. The summed E-state index contributed by atoms with van der Waals surface area (Å²) in [4.78, 5) is 18.6. The Morgan fingerprint density at radius 1 is 1.07 bits per heavy atom. The maximum absolute atomic E-state index is 12.3. The Morgan fingerprint density at radius 3 is 2.48 bits per heavy atom. The van der Waals surface area contributed by atoms with Crippen LogP contribution in [-0.4, -0.2) is 36.9 Å². The molecule has 0 saturated heterocycles. The molecule has 2 aromatic carbocycles. The lowest BCUT2D eigenvalue weighted by Crippen LogP contribution is -2.39. The summed E-state index contributed by atoms with van der Waals surface area (Å²) in [5, 5.41) is 7.10. The topological polar surface area (TPSA) is 56.7 Å². The van der Waals surface area contributed by atoms with Crippen LogP contribution in [0.4, 0.5) is 0 Å². The third kappa shape index (κ3) is 7.31. The number of guanidine groups is 1. The second-order valence-corrected chi connectivity index (χ2v) is 6.61. The second-order valence-electron chi connectivity index (χ2n) is 6.20. The Labute approximate surface area is 166 Å². The van der Waals surface area contributed by atoms with Gasteiger partial charge in [0.2, 0.25) is 5.91 Å². The van der Waals surface area contributed by atoms with Gasteiger partial charge < -0.3 is 15.5 Å². The third-order valence-corrected chi connectivity index (χ3v) is 4.40. The number of nitrogens with zero attached hydrogens (tertiary/aromatic N) is 2. The van der Waals surface area contributed by atoms with Gasteiger partial charge in [-0.2, -0.15) is 0 Å². The highest BCUT2D eigenvalue weighted by Gasteiger charge is 2.09. The van der Waals surface area contributed by atoms with Crippen LogP contribution in [0.2, 0.25) is 5.02 Å². The van der Waals surface area contributed by atoms with Crippen LogP contribution in [0.1, 0.15) is 24.5 Å². The van der Waals surface area contributed by atoms with Gasteiger partial charge in [0.25, 0.3) is 0 Å². The molecule has 0 bridgehead atoms. The highest BCUT2D eigenvalue weighted by Crippen LogP contribution is 2.15. The zero-order valence-corrected chi connectivity index (χ0v) is 16.7. The molecule has 5 nitrogen and oxygen atoms in total. The molecule has 0 radical (unpaired) electrons. The molecule has 0 aliphatic carbocycles. The van der Waals surface area contributed by atoms with Gasteiger partial charge in [0.15, 0.2) is 5.96 Å². The number of aliphatic imine (C=N–C) groups is 1. The standard InChI is InChI=1S/C21H27ClN4O/c1-3-23-21(25-15-18-11-7-8-12-19(18)22)24-14-13-20(27)26(2)16-17-9-5-4-6-10-17/h4-12H,3,13-16H2,1-2H3,(H2,23,24,25). The van der Waals surface area contributed by atoms with E-state index in [9.17, 15) is 4.79 Å². The minimum atomic E-state index is 0.0910. The fourth-order valence-electron chi connectivity index (χ4n) is 2.56. The highest BCUT2D eigenvalue weighted by molar-refractivity contribution is 6.31. The molecule has 27 heavy (non-hydrogen) atoms. The smallest absolute Gasteiger partial charge is 0.224 e. The van der Waals surface area contributed by atoms with E-state index in [1.165, 1.54) is 0 Å². The van der Waals surface area contributed by atoms with Crippen molar-refractivity contribution in [2.75, 3.05) is 20.1 Å². The van der Waals surface area contributed by atoms with E-state index in [1.54, 1.807) is 4.90 Å². The summed E-state index contributed by atoms with van der Waals surface area (Å²) in [6.45, 7) is 4.37. The quantitative estimate of drug-likeness (QED) is 0.539. The summed E-state index contributed by atoms with van der Waals surface area (Å²) in [5.74, 6) is 0.768. The lowest BCUT2D eigenvalue weighted by atomic mass is 10.2. The van der Waals surface area contributed by atoms with E-state index >= 15 is 0 Å². The number of benzene rings is 2. The summed E-state index contributed by atoms with van der Waals surface area (Å²) < 4.78 is 0. The van der Waals surface area contributed by atoms with Gasteiger partial charge in [-0.05, 0) is 24.1 Å². The third-order valence-electron chi connectivity index (χ3n) is 4.03. The maximum atomic E-state index is 12.3. The number of nitrogens with one attached hydrogen (secondary N) is 2. The van der Waals surface area contributed by atoms with Crippen molar-refractivity contribution in [3.63, 3.8) is 0 Å². The molecule has 144 valence electrons. The fourth-order valence-corrected chi connectivity index (χ4v) is 2.75. The molecule has 0 unspecified atom stereocenters. The van der Waals surface area contributed by atoms with Crippen LogP contribution in [0, 0.1) is 0 Å². The Balaban J connectivity index is 1.81. The van der Waals surface area contributed by atoms with Crippen molar-refractivity contribution >= 4 is 23.5 Å². The number of hydrogen-bond donors (Lipinski definition) is 2. The summed E-state index contributed by atoms with van der Waals surface area (Å²) >= 11 is 6.17. The number of halogens is 1. The molecule has 6 heteroatoms. The van der Waals surface area contributed by atoms with Gasteiger partial charge in [0.1, 0.15) is 0 Å². The van der Waals surface area contributed by atoms with Gasteiger partial charge in [0.05, 0.1) is 6.54 Å². The van der Waals surface area contributed by atoms with Crippen LogP contribution in [0.25, 0.3) is 0 Å². The monoisotopic (exact) mass is 386 g/mol. The molecule has 0 spiro atoms. The van der Waals surface area contributed by atoms with Gasteiger partial charge in [0, 0.05) is 38.1 Å². The average Bonchev–Trinajstić information content (AvgIpc) is 2.67. The number of hydrogen-bond acceptors (Lipinski definition) is 2. The van der Waals surface area contributed by atoms with Crippen LogP contribution in [0.3, 0.4) is 0 Å². The predicted octanol–water partition coefficient (Wildman–Crippen LogP) is 3.44. The molecule has 0 aliphatic rings. The number of carbonyl (C=O) groups is 1. The van der Waals surface area contributed by atoms with Crippen molar-refractivity contribution in [2.24, 2.45) is 4.99 Å². The zero-order valence-electron chi connectivity index (χ0n) is 15.9. The van der Waals surface area contributed by atoms with E-state index in [1.807, 2.05) is 68.6 Å². The van der Waals surface area contributed by atoms with E-state index < -0.39 is 0 Å². The van der Waals surface area contributed by atoms with Crippen LogP contribution in [0.15, 0.2) is 59.6 Å². The molecule has 1 amide bonds. The summed E-state index contributed by atoms with van der Waals surface area (Å²) in [5.41, 5.74) is 2.09. The van der Waals surface area contributed by atoms with E-state index in [0.29, 0.717) is 37.0 Å². The molecular formula is C21H27ClN4O. The molecule has 0 atom stereocenters. The SMILES string of the molecule is CCNC(=NCc1ccccc1Cl)NCCC(=O)N(C)Cc1ccccc1. The van der Waals surface area contributed by atoms with E-state index in [2.05, 4.69) is 15.6 Å². The van der Waals surface area contributed by atoms with E-state index in [0.717, 1.165) is 17.7 Å². The largest absolute Gasteiger partial charge is 0.357 e. The predicted molar refractivity (Wildman–Crippen MR) is 112 cm³/mol. The van der Waals surface area contributed by atoms with Gasteiger partial charge in [-0.25, -0.2) is 4.99 Å². The Hall–Kier alpha value is -2.53. The first-order valence-electron chi connectivity index (χ1n) is 9.13. The van der Waals surface area contributed by atoms with Gasteiger partial charge in [-0.15, -0.1) is 0 Å². The second kappa shape index (κ2) is 11.2. The molecule has 0 fully saturated rings. The normalized spacial score (nSPS) is 11.1. The molecule has 2 N–H and O–H groups in total. The van der Waals surface area contributed by atoms with Crippen molar-refractivity contribution in [3.8, 4) is 0 Å². The molecule has 2 aromatic rings. The van der Waals surface area contributed by atoms with Gasteiger partial charge in [-0.1, -0.05) is 60.1 Å². The van der Waals surface area contributed by atoms with Crippen molar-refractivity contribution in [1.29, 1.82) is 0 Å². The van der Waals surface area contributed by atoms with Crippen LogP contribution < -0.4 is 10.6 Å². The fraction of sp³-hybridized carbons (Fsp3) is 0.333. The van der Waals surface area contributed by atoms with Crippen LogP contribution >= 0.6 is 11.6 Å². The molecule has 0 heterocycles. The van der Waals surface area contributed by atoms with Gasteiger partial charge in [-0.3, -0.25) is 4.79 Å². The summed E-state index contributed by atoms with van der Waals surface area (Å²) in [6, 6.07) is 17.6. The number of carbonyl (C=O) groups excluding carboxylic acids is 1. The highest BCUT2D eigenvalue weighted by atomic mass is 35.5. The Kier molecular flexibility index (Phi) is 8.65. The number of amides is 1. The molecule has 0 aliphatic heterocycles. The average molecular weight is 387 g/mol. The molecule has 0 aromatic heterocycles. The van der Waals surface area contributed by atoms with Crippen LogP contribution in [0.5, 0.6) is 0 Å². The molecular weight excluding hydrogens is 360 g/mol. The number of rotatable bonds is 8. The minimum absolute atomic E-state index is 0.0910. The first-order valence-corrected chi connectivity index (χ1v) is 9.51. The lowest BCUT2D eigenvalue weighted by Gasteiger charge is -2.18. The van der Waals surface area contributed by atoms with Crippen molar-refractivity contribution in [2.45, 2.75) is 26.4 Å². The van der Waals surface area contributed by atoms with Gasteiger partial charge >= 0.3 is 0 Å². The molecule has 2 rings (SSSR count).